The number of hydrogen-bond acceptors (Lipinski definition) is 3. The van der Waals surface area contributed by atoms with Gasteiger partial charge in [-0.15, -0.1) is 11.6 Å². The molecule has 1 rings (SSSR count). The molecular weight excluding hydrogens is 206 g/mol. The Morgan fingerprint density at radius 2 is 2.50 bits per heavy atom. The van der Waals surface area contributed by atoms with Crippen LogP contribution in [0.3, 0.4) is 0 Å². The standard InChI is InChI=1S/C9H16ClNO3/c1-2-13-7-9(12)11-3-4-14-8(5-10)6-11/h8H,2-7H2,1H3. The van der Waals surface area contributed by atoms with Gasteiger partial charge in [0.25, 0.3) is 0 Å². The highest BCUT2D eigenvalue weighted by Gasteiger charge is 2.23. The average Bonchev–Trinajstić information content (AvgIpc) is 2.26. The van der Waals surface area contributed by atoms with Gasteiger partial charge in [0.15, 0.2) is 0 Å². The first kappa shape index (κ1) is 11.8. The molecule has 82 valence electrons. The number of hydrogen-bond donors (Lipinski definition) is 0. The molecule has 0 aromatic rings. The van der Waals surface area contributed by atoms with Gasteiger partial charge in [-0.25, -0.2) is 0 Å². The largest absolute Gasteiger partial charge is 0.373 e. The molecule has 0 bridgehead atoms. The van der Waals surface area contributed by atoms with Gasteiger partial charge in [0.05, 0.1) is 18.6 Å². The van der Waals surface area contributed by atoms with Crippen molar-refractivity contribution in [1.82, 2.24) is 4.90 Å². The van der Waals surface area contributed by atoms with Gasteiger partial charge in [-0.3, -0.25) is 4.79 Å². The van der Waals surface area contributed by atoms with E-state index in [2.05, 4.69) is 0 Å². The number of carbonyl (C=O) groups is 1. The van der Waals surface area contributed by atoms with Crippen molar-refractivity contribution in [3.63, 3.8) is 0 Å². The lowest BCUT2D eigenvalue weighted by Gasteiger charge is -2.31. The van der Waals surface area contributed by atoms with Gasteiger partial charge in [0, 0.05) is 19.7 Å². The maximum Gasteiger partial charge on any atom is 0.248 e. The number of halogens is 1. The predicted molar refractivity (Wildman–Crippen MR) is 53.5 cm³/mol. The van der Waals surface area contributed by atoms with Crippen LogP contribution >= 0.6 is 11.6 Å². The van der Waals surface area contributed by atoms with Gasteiger partial charge < -0.3 is 14.4 Å². The van der Waals surface area contributed by atoms with Gasteiger partial charge in [0.1, 0.15) is 6.61 Å². The molecule has 0 aromatic heterocycles. The molecule has 5 heteroatoms. The second kappa shape index (κ2) is 6.22. The van der Waals surface area contributed by atoms with Crippen molar-refractivity contribution in [2.45, 2.75) is 13.0 Å². The van der Waals surface area contributed by atoms with Crippen LogP contribution in [-0.4, -0.2) is 55.7 Å². The molecule has 0 N–H and O–H groups in total. The van der Waals surface area contributed by atoms with Crippen LogP contribution < -0.4 is 0 Å². The molecule has 1 saturated heterocycles. The molecule has 1 amide bonds. The van der Waals surface area contributed by atoms with E-state index in [1.54, 1.807) is 4.90 Å². The van der Waals surface area contributed by atoms with E-state index in [1.807, 2.05) is 6.92 Å². The van der Waals surface area contributed by atoms with Crippen molar-refractivity contribution in [3.8, 4) is 0 Å². The summed E-state index contributed by atoms with van der Waals surface area (Å²) in [5, 5.41) is 0. The summed E-state index contributed by atoms with van der Waals surface area (Å²) >= 11 is 5.66. The van der Waals surface area contributed by atoms with Crippen LogP contribution in [0.15, 0.2) is 0 Å². The number of morpholine rings is 1. The van der Waals surface area contributed by atoms with Crippen molar-refractivity contribution >= 4 is 17.5 Å². The molecule has 1 atom stereocenters. The minimum atomic E-state index is -0.0315. The Balaban J connectivity index is 2.31. The molecule has 0 aliphatic carbocycles. The highest BCUT2D eigenvalue weighted by Crippen LogP contribution is 2.06. The van der Waals surface area contributed by atoms with Gasteiger partial charge in [-0.1, -0.05) is 0 Å². The number of amides is 1. The Morgan fingerprint density at radius 3 is 3.14 bits per heavy atom. The second-order valence-electron chi connectivity index (χ2n) is 3.12. The van der Waals surface area contributed by atoms with E-state index in [0.717, 1.165) is 0 Å². The van der Waals surface area contributed by atoms with Crippen LogP contribution in [0.1, 0.15) is 6.92 Å². The molecule has 0 aromatic carbocycles. The molecule has 0 radical (unpaired) electrons. The van der Waals surface area contributed by atoms with E-state index in [9.17, 15) is 4.79 Å². The van der Waals surface area contributed by atoms with Crippen LogP contribution in [0, 0.1) is 0 Å². The van der Waals surface area contributed by atoms with E-state index >= 15 is 0 Å². The van der Waals surface area contributed by atoms with Gasteiger partial charge >= 0.3 is 0 Å². The van der Waals surface area contributed by atoms with E-state index in [1.165, 1.54) is 0 Å². The second-order valence-corrected chi connectivity index (χ2v) is 3.43. The van der Waals surface area contributed by atoms with Crippen LogP contribution in [0.25, 0.3) is 0 Å². The van der Waals surface area contributed by atoms with Crippen LogP contribution in [0.4, 0.5) is 0 Å². The average molecular weight is 222 g/mol. The van der Waals surface area contributed by atoms with Crippen molar-refractivity contribution in [2.75, 3.05) is 38.8 Å². The molecule has 1 aliphatic rings. The topological polar surface area (TPSA) is 38.8 Å². The third kappa shape index (κ3) is 3.44. The summed E-state index contributed by atoms with van der Waals surface area (Å²) in [7, 11) is 0. The zero-order chi connectivity index (χ0) is 10.4. The monoisotopic (exact) mass is 221 g/mol. The number of alkyl halides is 1. The Bertz CT molecular complexity index is 189. The summed E-state index contributed by atoms with van der Waals surface area (Å²) in [6.45, 7) is 4.37. The summed E-state index contributed by atoms with van der Waals surface area (Å²) in [4.78, 5) is 13.3. The first-order valence-electron chi connectivity index (χ1n) is 4.81. The zero-order valence-electron chi connectivity index (χ0n) is 8.37. The zero-order valence-corrected chi connectivity index (χ0v) is 9.13. The van der Waals surface area contributed by atoms with Crippen LogP contribution in [0.5, 0.6) is 0 Å². The predicted octanol–water partition coefficient (Wildman–Crippen LogP) is 0.489. The lowest BCUT2D eigenvalue weighted by Crippen LogP contribution is -2.47. The molecule has 1 aliphatic heterocycles. The van der Waals surface area contributed by atoms with E-state index in [-0.39, 0.29) is 18.6 Å². The fourth-order valence-electron chi connectivity index (χ4n) is 1.32. The quantitative estimate of drug-likeness (QED) is 0.649. The van der Waals surface area contributed by atoms with Crippen molar-refractivity contribution in [2.24, 2.45) is 0 Å². The summed E-state index contributed by atoms with van der Waals surface area (Å²) in [6.07, 6.45) is -0.0315. The van der Waals surface area contributed by atoms with Gasteiger partial charge in [0.2, 0.25) is 5.91 Å². The molecule has 1 unspecified atom stereocenters. The minimum absolute atomic E-state index is 0.0188. The van der Waals surface area contributed by atoms with Gasteiger partial charge in [-0.2, -0.15) is 0 Å². The number of carbonyl (C=O) groups excluding carboxylic acids is 1. The molecule has 0 spiro atoms. The third-order valence-electron chi connectivity index (χ3n) is 2.09. The number of rotatable bonds is 4. The van der Waals surface area contributed by atoms with E-state index in [4.69, 9.17) is 21.1 Å². The summed E-state index contributed by atoms with van der Waals surface area (Å²) < 4.78 is 10.4. The highest BCUT2D eigenvalue weighted by atomic mass is 35.5. The maximum atomic E-state index is 11.5. The van der Waals surface area contributed by atoms with E-state index in [0.29, 0.717) is 32.2 Å². The molecule has 4 nitrogen and oxygen atoms in total. The minimum Gasteiger partial charge on any atom is -0.373 e. The Labute approximate surface area is 89.1 Å². The smallest absolute Gasteiger partial charge is 0.248 e. The first-order chi connectivity index (χ1) is 6.77. The molecule has 0 saturated carbocycles. The fraction of sp³-hybridized carbons (Fsp3) is 0.889. The molecule has 14 heavy (non-hydrogen) atoms. The van der Waals surface area contributed by atoms with Crippen molar-refractivity contribution in [1.29, 1.82) is 0 Å². The maximum absolute atomic E-state index is 11.5. The fourth-order valence-corrected chi connectivity index (χ4v) is 1.51. The first-order valence-corrected chi connectivity index (χ1v) is 5.34. The number of nitrogens with zero attached hydrogens (tertiary/aromatic N) is 1. The van der Waals surface area contributed by atoms with Crippen molar-refractivity contribution < 1.29 is 14.3 Å². The molecule has 1 fully saturated rings. The number of ether oxygens (including phenoxy) is 2. The SMILES string of the molecule is CCOCC(=O)N1CCOC(CCl)C1. The Hall–Kier alpha value is -0.320. The highest BCUT2D eigenvalue weighted by molar-refractivity contribution is 6.18. The van der Waals surface area contributed by atoms with Crippen LogP contribution in [0.2, 0.25) is 0 Å². The summed E-state index contributed by atoms with van der Waals surface area (Å²) in [5.74, 6) is 0.448. The summed E-state index contributed by atoms with van der Waals surface area (Å²) in [5.41, 5.74) is 0. The molecular formula is C9H16ClNO3. The van der Waals surface area contributed by atoms with Gasteiger partial charge in [-0.05, 0) is 6.92 Å². The lowest BCUT2D eigenvalue weighted by atomic mass is 10.3. The lowest BCUT2D eigenvalue weighted by molar-refractivity contribution is -0.142. The summed E-state index contributed by atoms with van der Waals surface area (Å²) in [6, 6.07) is 0. The molecule has 1 heterocycles. The normalized spacial score (nSPS) is 22.4. The van der Waals surface area contributed by atoms with Crippen molar-refractivity contribution in [3.05, 3.63) is 0 Å². The third-order valence-corrected chi connectivity index (χ3v) is 2.44. The van der Waals surface area contributed by atoms with Crippen LogP contribution in [-0.2, 0) is 14.3 Å². The Morgan fingerprint density at radius 1 is 1.71 bits per heavy atom. The Kier molecular flexibility index (Phi) is 5.22. The van der Waals surface area contributed by atoms with E-state index < -0.39 is 0 Å².